The summed E-state index contributed by atoms with van der Waals surface area (Å²) in [4.78, 5) is 14.8. The van der Waals surface area contributed by atoms with Gasteiger partial charge in [0.25, 0.3) is 5.91 Å². The van der Waals surface area contributed by atoms with E-state index in [9.17, 15) is 13.2 Å². The van der Waals surface area contributed by atoms with E-state index in [2.05, 4.69) is 4.72 Å². The van der Waals surface area contributed by atoms with Gasteiger partial charge in [0.2, 0.25) is 5.67 Å². The van der Waals surface area contributed by atoms with Crippen molar-refractivity contribution in [1.29, 1.82) is 0 Å². The van der Waals surface area contributed by atoms with Crippen LogP contribution in [-0.4, -0.2) is 14.3 Å². The van der Waals surface area contributed by atoms with Gasteiger partial charge in [-0.3, -0.25) is 9.69 Å². The summed E-state index contributed by atoms with van der Waals surface area (Å²) in [5.41, 5.74) is -1.44. The number of benzene rings is 3. The van der Waals surface area contributed by atoms with Gasteiger partial charge in [0, 0.05) is 16.8 Å². The quantitative estimate of drug-likeness (QED) is 0.702. The van der Waals surface area contributed by atoms with Crippen molar-refractivity contribution in [1.82, 2.24) is 4.72 Å². The number of carbonyl (C=O) groups is 1. The molecule has 3 aromatic carbocycles. The van der Waals surface area contributed by atoms with Gasteiger partial charge in [0.15, 0.2) is 0 Å². The minimum Gasteiger partial charge on any atom is -0.371 e. The summed E-state index contributed by atoms with van der Waals surface area (Å²) in [7, 11) is -4.29. The van der Waals surface area contributed by atoms with E-state index >= 15 is 4.39 Å². The van der Waals surface area contributed by atoms with Crippen LogP contribution in [0.5, 0.6) is 5.75 Å². The van der Waals surface area contributed by atoms with Gasteiger partial charge in [-0.2, -0.15) is 13.1 Å². The van der Waals surface area contributed by atoms with Crippen molar-refractivity contribution < 1.29 is 21.8 Å². The van der Waals surface area contributed by atoms with Gasteiger partial charge in [-0.25, -0.2) is 4.39 Å². The molecule has 8 heteroatoms. The standard InChI is InChI=1S/C21H15FN2O4S/c22-21(19-15-10-4-7-13-18(15)28-29(26,27)23-19)16-11-5-6-12-17(16)24(20(21)25)14-8-2-1-3-9-14/h1-13,19,23H/t19-,21-/m0/s1. The molecule has 6 nitrogen and oxygen atoms in total. The Labute approximate surface area is 166 Å². The second kappa shape index (κ2) is 6.13. The van der Waals surface area contributed by atoms with Crippen LogP contribution in [0.2, 0.25) is 0 Å². The zero-order chi connectivity index (χ0) is 20.2. The fraction of sp³-hybridized carbons (Fsp3) is 0.0952. The maximum Gasteiger partial charge on any atom is 0.383 e. The Morgan fingerprint density at radius 2 is 1.59 bits per heavy atom. The molecule has 3 aromatic rings. The van der Waals surface area contributed by atoms with Gasteiger partial charge >= 0.3 is 10.3 Å². The summed E-state index contributed by atoms with van der Waals surface area (Å²) in [5.74, 6) is -0.869. The first kappa shape index (κ1) is 17.8. The van der Waals surface area contributed by atoms with Crippen molar-refractivity contribution in [2.75, 3.05) is 4.90 Å². The average molecular weight is 410 g/mol. The van der Waals surface area contributed by atoms with Crippen LogP contribution in [0, 0.1) is 0 Å². The number of hydrogen-bond acceptors (Lipinski definition) is 4. The summed E-state index contributed by atoms with van der Waals surface area (Å²) < 4.78 is 48.5. The number of alkyl halides is 1. The Balaban J connectivity index is 1.74. The highest BCUT2D eigenvalue weighted by Gasteiger charge is 2.60. The van der Waals surface area contributed by atoms with Gasteiger partial charge in [-0.05, 0) is 24.3 Å². The highest BCUT2D eigenvalue weighted by molar-refractivity contribution is 7.85. The molecule has 2 aliphatic heterocycles. The summed E-state index contributed by atoms with van der Waals surface area (Å²) in [6.45, 7) is 0. The van der Waals surface area contributed by atoms with Crippen molar-refractivity contribution in [3.05, 3.63) is 90.0 Å². The summed E-state index contributed by atoms with van der Waals surface area (Å²) in [6.07, 6.45) is 0. The Bertz CT molecular complexity index is 1230. The van der Waals surface area contributed by atoms with E-state index in [1.54, 1.807) is 66.7 Å². The molecule has 0 radical (unpaired) electrons. The molecule has 2 aliphatic rings. The van der Waals surface area contributed by atoms with Crippen LogP contribution in [-0.2, 0) is 20.8 Å². The lowest BCUT2D eigenvalue weighted by Crippen LogP contribution is -2.50. The molecule has 29 heavy (non-hydrogen) atoms. The van der Waals surface area contributed by atoms with Crippen molar-refractivity contribution in [2.24, 2.45) is 0 Å². The Morgan fingerprint density at radius 1 is 0.931 bits per heavy atom. The van der Waals surface area contributed by atoms with Crippen molar-refractivity contribution >= 4 is 27.6 Å². The number of anilines is 2. The fourth-order valence-corrected chi connectivity index (χ4v) is 4.93. The van der Waals surface area contributed by atoms with Crippen LogP contribution in [0.3, 0.4) is 0 Å². The number of nitrogens with one attached hydrogen (secondary N) is 1. The summed E-state index contributed by atoms with van der Waals surface area (Å²) in [5, 5.41) is 0. The molecule has 0 unspecified atom stereocenters. The largest absolute Gasteiger partial charge is 0.383 e. The Kier molecular flexibility index (Phi) is 3.77. The van der Waals surface area contributed by atoms with Crippen LogP contribution in [0.25, 0.3) is 0 Å². The highest BCUT2D eigenvalue weighted by Crippen LogP contribution is 2.54. The number of para-hydroxylation sites is 3. The van der Waals surface area contributed by atoms with Crippen molar-refractivity contribution in [3.8, 4) is 5.75 Å². The predicted molar refractivity (Wildman–Crippen MR) is 105 cm³/mol. The molecule has 146 valence electrons. The third-order valence-electron chi connectivity index (χ3n) is 5.16. The first-order valence-electron chi connectivity index (χ1n) is 8.90. The third kappa shape index (κ3) is 2.56. The normalized spacial score (nSPS) is 24.5. The molecule has 0 saturated carbocycles. The van der Waals surface area contributed by atoms with Crippen LogP contribution in [0.15, 0.2) is 78.9 Å². The van der Waals surface area contributed by atoms with E-state index in [4.69, 9.17) is 4.18 Å². The first-order valence-corrected chi connectivity index (χ1v) is 10.3. The van der Waals surface area contributed by atoms with Crippen LogP contribution < -0.4 is 13.8 Å². The lowest BCUT2D eigenvalue weighted by atomic mass is 9.85. The number of carbonyl (C=O) groups excluding carboxylic acids is 1. The second-order valence-electron chi connectivity index (χ2n) is 6.83. The molecule has 0 fully saturated rings. The van der Waals surface area contributed by atoms with Gasteiger partial charge in [-0.15, -0.1) is 0 Å². The molecule has 0 saturated heterocycles. The molecule has 5 rings (SSSR count). The van der Waals surface area contributed by atoms with Gasteiger partial charge in [0.1, 0.15) is 11.8 Å². The molecule has 1 amide bonds. The number of rotatable bonds is 2. The molecule has 0 bridgehead atoms. The van der Waals surface area contributed by atoms with E-state index in [-0.39, 0.29) is 16.9 Å². The number of amides is 1. The fourth-order valence-electron chi connectivity index (χ4n) is 3.92. The smallest absolute Gasteiger partial charge is 0.371 e. The van der Waals surface area contributed by atoms with Crippen LogP contribution in [0.4, 0.5) is 15.8 Å². The zero-order valence-electron chi connectivity index (χ0n) is 14.9. The number of hydrogen-bond donors (Lipinski definition) is 1. The molecular formula is C21H15FN2O4S. The number of nitrogens with zero attached hydrogens (tertiary/aromatic N) is 1. The van der Waals surface area contributed by atoms with Gasteiger partial charge < -0.3 is 4.18 Å². The van der Waals surface area contributed by atoms with E-state index in [0.29, 0.717) is 11.4 Å². The second-order valence-corrected chi connectivity index (χ2v) is 8.14. The Hall–Kier alpha value is -3.23. The highest BCUT2D eigenvalue weighted by atomic mass is 32.2. The van der Waals surface area contributed by atoms with Crippen LogP contribution >= 0.6 is 0 Å². The van der Waals surface area contributed by atoms with Crippen LogP contribution in [0.1, 0.15) is 17.2 Å². The van der Waals surface area contributed by atoms with Gasteiger partial charge in [-0.1, -0.05) is 54.6 Å². The molecule has 0 spiro atoms. The topological polar surface area (TPSA) is 75.7 Å². The lowest BCUT2D eigenvalue weighted by molar-refractivity contribution is -0.130. The van der Waals surface area contributed by atoms with E-state index in [0.717, 1.165) is 0 Å². The number of fused-ring (bicyclic) bond motifs is 2. The SMILES string of the molecule is O=C1N(c2ccccc2)c2ccccc2[C@]1(F)[C@H]1NS(=O)(=O)Oc2ccccc21. The first-order chi connectivity index (χ1) is 13.9. The molecular weight excluding hydrogens is 395 g/mol. The molecule has 1 N–H and O–H groups in total. The number of halogens is 1. The summed E-state index contributed by atoms with van der Waals surface area (Å²) in [6, 6.07) is 19.9. The molecule has 0 aromatic heterocycles. The monoisotopic (exact) mass is 410 g/mol. The summed E-state index contributed by atoms with van der Waals surface area (Å²) >= 11 is 0. The van der Waals surface area contributed by atoms with Gasteiger partial charge in [0.05, 0.1) is 5.69 Å². The molecule has 2 atom stereocenters. The minimum absolute atomic E-state index is 0.00304. The third-order valence-corrected chi connectivity index (χ3v) is 6.08. The minimum atomic E-state index is -4.29. The lowest BCUT2D eigenvalue weighted by Gasteiger charge is -2.34. The molecule has 0 aliphatic carbocycles. The van der Waals surface area contributed by atoms with E-state index < -0.39 is 27.9 Å². The predicted octanol–water partition coefficient (Wildman–Crippen LogP) is 3.50. The Morgan fingerprint density at radius 3 is 2.38 bits per heavy atom. The average Bonchev–Trinajstić information content (AvgIpc) is 2.95. The van der Waals surface area contributed by atoms with E-state index in [1.807, 2.05) is 0 Å². The molecule has 2 heterocycles. The van der Waals surface area contributed by atoms with E-state index in [1.165, 1.54) is 17.0 Å². The maximum absolute atomic E-state index is 16.8. The van der Waals surface area contributed by atoms with Crippen molar-refractivity contribution in [3.63, 3.8) is 0 Å². The maximum atomic E-state index is 16.8. The van der Waals surface area contributed by atoms with Crippen molar-refractivity contribution in [2.45, 2.75) is 11.7 Å². The zero-order valence-corrected chi connectivity index (χ0v) is 15.8.